The van der Waals surface area contributed by atoms with Gasteiger partial charge in [-0.15, -0.1) is 0 Å². The van der Waals surface area contributed by atoms with Crippen LogP contribution in [-0.2, 0) is 33.3 Å². The van der Waals surface area contributed by atoms with Crippen molar-refractivity contribution < 1.29 is 42.5 Å². The Morgan fingerprint density at radius 2 is 1.88 bits per heavy atom. The number of ketones is 1. The standard InChI is InChI=1S/C23H28O9/c1-22-7-5-13-20(26)31-16(12-6-8-30-11-12)10-23(13,2)18(22)17(24)15(32-21(27)29-4)9-14(22)19(25)28-3/h6,8,11,13-16,18H,5,7,9-10H2,1-4H3/t13-,14-,15-,16-,18-,22-,23-/m0/s1. The highest BCUT2D eigenvalue weighted by atomic mass is 16.7. The Hall–Kier alpha value is -2.84. The number of rotatable bonds is 3. The van der Waals surface area contributed by atoms with Crippen LogP contribution in [0.4, 0.5) is 4.79 Å². The molecule has 0 unspecified atom stereocenters. The van der Waals surface area contributed by atoms with E-state index in [1.807, 2.05) is 13.8 Å². The van der Waals surface area contributed by atoms with Crippen molar-refractivity contribution in [1.29, 1.82) is 0 Å². The third-order valence-electron chi connectivity index (χ3n) is 7.91. The fourth-order valence-electron chi connectivity index (χ4n) is 6.43. The molecule has 3 fully saturated rings. The first-order valence-corrected chi connectivity index (χ1v) is 10.7. The van der Waals surface area contributed by atoms with Gasteiger partial charge in [0.05, 0.1) is 38.6 Å². The Morgan fingerprint density at radius 3 is 2.50 bits per heavy atom. The first-order valence-electron chi connectivity index (χ1n) is 10.7. The minimum absolute atomic E-state index is 0.0178. The maximum absolute atomic E-state index is 13.8. The van der Waals surface area contributed by atoms with Gasteiger partial charge in [0.1, 0.15) is 6.10 Å². The van der Waals surface area contributed by atoms with Crippen molar-refractivity contribution in [2.45, 2.75) is 51.7 Å². The second-order valence-corrected chi connectivity index (χ2v) is 9.50. The zero-order valence-electron chi connectivity index (χ0n) is 18.6. The number of fused-ring (bicyclic) bond motifs is 3. The second-order valence-electron chi connectivity index (χ2n) is 9.50. The van der Waals surface area contributed by atoms with E-state index in [9.17, 15) is 19.2 Å². The van der Waals surface area contributed by atoms with Crippen LogP contribution in [0.15, 0.2) is 23.0 Å². The summed E-state index contributed by atoms with van der Waals surface area (Å²) >= 11 is 0. The topological polar surface area (TPSA) is 118 Å². The van der Waals surface area contributed by atoms with Gasteiger partial charge in [-0.2, -0.15) is 0 Å². The number of carbonyl (C=O) groups excluding carboxylic acids is 4. The molecule has 0 amide bonds. The van der Waals surface area contributed by atoms with Gasteiger partial charge in [-0.05, 0) is 36.2 Å². The molecule has 9 nitrogen and oxygen atoms in total. The highest BCUT2D eigenvalue weighted by Gasteiger charge is 2.67. The van der Waals surface area contributed by atoms with Crippen LogP contribution in [0.3, 0.4) is 0 Å². The molecule has 2 saturated carbocycles. The lowest BCUT2D eigenvalue weighted by Crippen LogP contribution is -2.64. The van der Waals surface area contributed by atoms with Crippen LogP contribution in [0.5, 0.6) is 0 Å². The predicted octanol–water partition coefficient (Wildman–Crippen LogP) is 3.22. The Morgan fingerprint density at radius 1 is 1.12 bits per heavy atom. The molecule has 7 atom stereocenters. The molecule has 1 aliphatic heterocycles. The Labute approximate surface area is 185 Å². The summed E-state index contributed by atoms with van der Waals surface area (Å²) in [6.45, 7) is 3.81. The van der Waals surface area contributed by atoms with Crippen LogP contribution in [0.25, 0.3) is 0 Å². The zero-order chi connectivity index (χ0) is 23.3. The van der Waals surface area contributed by atoms with Gasteiger partial charge in [-0.25, -0.2) is 4.79 Å². The highest BCUT2D eigenvalue weighted by molar-refractivity contribution is 5.93. The molecule has 32 heavy (non-hydrogen) atoms. The highest BCUT2D eigenvalue weighted by Crippen LogP contribution is 2.65. The average Bonchev–Trinajstić information content (AvgIpc) is 3.29. The summed E-state index contributed by atoms with van der Waals surface area (Å²) in [6.07, 6.45) is 1.66. The summed E-state index contributed by atoms with van der Waals surface area (Å²) in [4.78, 5) is 51.5. The third-order valence-corrected chi connectivity index (χ3v) is 7.91. The summed E-state index contributed by atoms with van der Waals surface area (Å²) in [6, 6.07) is 1.73. The Balaban J connectivity index is 1.78. The van der Waals surface area contributed by atoms with Gasteiger partial charge in [0.25, 0.3) is 0 Å². The molecule has 1 saturated heterocycles. The molecule has 4 rings (SSSR count). The molecule has 0 N–H and O–H groups in total. The largest absolute Gasteiger partial charge is 0.508 e. The van der Waals surface area contributed by atoms with Gasteiger partial charge in [0.15, 0.2) is 11.9 Å². The molecule has 1 aromatic heterocycles. The summed E-state index contributed by atoms with van der Waals surface area (Å²) in [5.74, 6) is -3.04. The van der Waals surface area contributed by atoms with E-state index in [0.29, 0.717) is 24.8 Å². The molecular weight excluding hydrogens is 420 g/mol. The van der Waals surface area contributed by atoms with E-state index < -0.39 is 52.9 Å². The van der Waals surface area contributed by atoms with Crippen molar-refractivity contribution in [3.05, 3.63) is 24.2 Å². The molecule has 9 heteroatoms. The molecule has 3 aliphatic rings. The third kappa shape index (κ3) is 3.29. The van der Waals surface area contributed by atoms with Crippen molar-refractivity contribution in [3.8, 4) is 0 Å². The van der Waals surface area contributed by atoms with Gasteiger partial charge in [-0.1, -0.05) is 13.8 Å². The summed E-state index contributed by atoms with van der Waals surface area (Å²) in [5, 5.41) is 0. The van der Waals surface area contributed by atoms with E-state index in [0.717, 1.165) is 7.11 Å². The van der Waals surface area contributed by atoms with E-state index in [-0.39, 0.29) is 18.2 Å². The van der Waals surface area contributed by atoms with Crippen LogP contribution >= 0.6 is 0 Å². The minimum atomic E-state index is -1.16. The van der Waals surface area contributed by atoms with Gasteiger partial charge < -0.3 is 23.4 Å². The number of hydrogen-bond donors (Lipinski definition) is 0. The number of carbonyl (C=O) groups is 4. The Bertz CT molecular complexity index is 922. The van der Waals surface area contributed by atoms with E-state index in [1.165, 1.54) is 19.6 Å². The summed E-state index contributed by atoms with van der Waals surface area (Å²) < 4.78 is 25.8. The fourth-order valence-corrected chi connectivity index (χ4v) is 6.43. The van der Waals surface area contributed by atoms with Crippen molar-refractivity contribution >= 4 is 23.9 Å². The average molecular weight is 448 g/mol. The number of ether oxygens (including phenoxy) is 4. The molecule has 0 bridgehead atoms. The van der Waals surface area contributed by atoms with Crippen LogP contribution in [0.1, 0.15) is 51.2 Å². The molecule has 0 spiro atoms. The van der Waals surface area contributed by atoms with Crippen molar-refractivity contribution in [2.24, 2.45) is 28.6 Å². The SMILES string of the molecule is COC(=O)O[C@H]1C[C@@H](C(=O)OC)[C@]2(C)CC[C@H]3C(=O)O[C@H](c4ccoc4)C[C@]3(C)[C@H]2C1=O. The molecule has 0 aromatic carbocycles. The molecule has 1 aromatic rings. The van der Waals surface area contributed by atoms with Crippen molar-refractivity contribution in [2.75, 3.05) is 14.2 Å². The van der Waals surface area contributed by atoms with Crippen molar-refractivity contribution in [3.63, 3.8) is 0 Å². The number of methoxy groups -OCH3 is 2. The lowest BCUT2D eigenvalue weighted by Gasteiger charge is -2.60. The molecular formula is C23H28O9. The second kappa shape index (κ2) is 7.94. The molecule has 2 aliphatic carbocycles. The van der Waals surface area contributed by atoms with E-state index in [4.69, 9.17) is 18.6 Å². The number of esters is 2. The Kier molecular flexibility index (Phi) is 5.55. The number of furan rings is 1. The van der Waals surface area contributed by atoms with Gasteiger partial charge >= 0.3 is 18.1 Å². The molecule has 0 radical (unpaired) electrons. The predicted molar refractivity (Wildman–Crippen MR) is 107 cm³/mol. The minimum Gasteiger partial charge on any atom is -0.472 e. The van der Waals surface area contributed by atoms with Gasteiger partial charge in [-0.3, -0.25) is 14.4 Å². The molecule has 174 valence electrons. The smallest absolute Gasteiger partial charge is 0.472 e. The number of hydrogen-bond acceptors (Lipinski definition) is 9. The van der Waals surface area contributed by atoms with E-state index >= 15 is 0 Å². The van der Waals surface area contributed by atoms with Crippen molar-refractivity contribution in [1.82, 2.24) is 0 Å². The maximum atomic E-state index is 13.8. The number of cyclic esters (lactones) is 1. The first kappa shape index (κ1) is 22.4. The monoisotopic (exact) mass is 448 g/mol. The van der Waals surface area contributed by atoms with Crippen LogP contribution in [0.2, 0.25) is 0 Å². The lowest BCUT2D eigenvalue weighted by atomic mass is 9.43. The quantitative estimate of drug-likeness (QED) is 0.507. The summed E-state index contributed by atoms with van der Waals surface area (Å²) in [5.41, 5.74) is -0.865. The first-order chi connectivity index (χ1) is 15.2. The van der Waals surface area contributed by atoms with E-state index in [2.05, 4.69) is 4.74 Å². The fraction of sp³-hybridized carbons (Fsp3) is 0.652. The van der Waals surface area contributed by atoms with Crippen LogP contribution in [0, 0.1) is 28.6 Å². The van der Waals surface area contributed by atoms with E-state index in [1.54, 1.807) is 6.07 Å². The van der Waals surface area contributed by atoms with Gasteiger partial charge in [0.2, 0.25) is 0 Å². The van der Waals surface area contributed by atoms with Crippen LogP contribution < -0.4 is 0 Å². The normalized spacial score (nSPS) is 38.7. The maximum Gasteiger partial charge on any atom is 0.508 e. The van der Waals surface area contributed by atoms with Gasteiger partial charge in [0, 0.05) is 17.9 Å². The summed E-state index contributed by atoms with van der Waals surface area (Å²) in [7, 11) is 2.45. The number of Topliss-reactive ketones (excluding diaryl/α,β-unsaturated/α-hetero) is 1. The lowest BCUT2D eigenvalue weighted by molar-refractivity contribution is -0.208. The zero-order valence-corrected chi connectivity index (χ0v) is 18.6. The van der Waals surface area contributed by atoms with Crippen LogP contribution in [-0.4, -0.2) is 44.2 Å². The molecule has 2 heterocycles.